The highest BCUT2D eigenvalue weighted by Gasteiger charge is 2.28. The number of hydrogen-bond acceptors (Lipinski definition) is 4. The van der Waals surface area contributed by atoms with Crippen molar-refractivity contribution in [1.82, 2.24) is 19.8 Å². The van der Waals surface area contributed by atoms with Gasteiger partial charge in [0, 0.05) is 44.6 Å². The molecule has 0 unspecified atom stereocenters. The lowest BCUT2D eigenvalue weighted by atomic mass is 9.87. The number of carbonyl (C=O) groups is 1. The molecule has 5 heteroatoms. The van der Waals surface area contributed by atoms with Crippen LogP contribution in [0.5, 0.6) is 0 Å². The molecule has 1 amide bonds. The Morgan fingerprint density at radius 3 is 2.41 bits per heavy atom. The molecule has 1 aromatic heterocycles. The fourth-order valence-corrected chi connectivity index (χ4v) is 5.12. The molecule has 0 radical (unpaired) electrons. The van der Waals surface area contributed by atoms with Gasteiger partial charge in [-0.2, -0.15) is 0 Å². The number of rotatable bonds is 3. The van der Waals surface area contributed by atoms with Gasteiger partial charge in [-0.05, 0) is 61.1 Å². The summed E-state index contributed by atoms with van der Waals surface area (Å²) in [6, 6.07) is 8.05. The number of benzene rings is 1. The molecule has 5 nitrogen and oxygen atoms in total. The molecule has 1 saturated carbocycles. The highest BCUT2D eigenvalue weighted by molar-refractivity contribution is 5.92. The average Bonchev–Trinajstić information content (AvgIpc) is 2.95. The van der Waals surface area contributed by atoms with Crippen molar-refractivity contribution >= 4 is 5.91 Å². The minimum Gasteiger partial charge on any atom is -0.337 e. The third-order valence-corrected chi connectivity index (χ3v) is 7.19. The van der Waals surface area contributed by atoms with Crippen molar-refractivity contribution in [3.63, 3.8) is 0 Å². The largest absolute Gasteiger partial charge is 0.337 e. The predicted molar refractivity (Wildman–Crippen MR) is 113 cm³/mol. The lowest BCUT2D eigenvalue weighted by Crippen LogP contribution is -2.41. The Bertz CT molecular complexity index is 856. The van der Waals surface area contributed by atoms with Gasteiger partial charge >= 0.3 is 0 Å². The second kappa shape index (κ2) is 8.23. The van der Waals surface area contributed by atoms with Gasteiger partial charge in [-0.25, -0.2) is 4.98 Å². The third-order valence-electron chi connectivity index (χ3n) is 7.19. The molecule has 2 fully saturated rings. The van der Waals surface area contributed by atoms with Gasteiger partial charge in [-0.3, -0.25) is 14.7 Å². The number of amides is 1. The number of carbonyl (C=O) groups excluding carboxylic acids is 1. The predicted octanol–water partition coefficient (Wildman–Crippen LogP) is 3.45. The van der Waals surface area contributed by atoms with E-state index in [-0.39, 0.29) is 5.91 Å². The van der Waals surface area contributed by atoms with Gasteiger partial charge in [0.2, 0.25) is 0 Å². The quantitative estimate of drug-likeness (QED) is 0.805. The monoisotopic (exact) mass is 390 g/mol. The van der Waals surface area contributed by atoms with Gasteiger partial charge in [-0.15, -0.1) is 0 Å². The summed E-state index contributed by atoms with van der Waals surface area (Å²) in [5, 5.41) is 0. The van der Waals surface area contributed by atoms with Crippen LogP contribution in [0.1, 0.15) is 65.2 Å². The first-order valence-corrected chi connectivity index (χ1v) is 11.2. The SMILES string of the molecule is O=C(c1cnccn1)N1CCC(c2ccc3c(c2)CCN(C2CCC2)CC3)CC1. The van der Waals surface area contributed by atoms with Crippen molar-refractivity contribution in [2.45, 2.75) is 56.9 Å². The topological polar surface area (TPSA) is 49.3 Å². The molecule has 5 rings (SSSR count). The van der Waals surface area contributed by atoms with Crippen LogP contribution in [0.25, 0.3) is 0 Å². The molecule has 2 aliphatic heterocycles. The van der Waals surface area contributed by atoms with Crippen molar-refractivity contribution in [3.05, 3.63) is 59.2 Å². The van der Waals surface area contributed by atoms with E-state index < -0.39 is 0 Å². The molecule has 0 spiro atoms. The molecule has 1 aromatic carbocycles. The van der Waals surface area contributed by atoms with E-state index in [1.807, 2.05) is 4.90 Å². The molecule has 1 saturated heterocycles. The van der Waals surface area contributed by atoms with E-state index in [4.69, 9.17) is 0 Å². The van der Waals surface area contributed by atoms with E-state index in [9.17, 15) is 4.79 Å². The van der Waals surface area contributed by atoms with Gasteiger partial charge < -0.3 is 4.90 Å². The summed E-state index contributed by atoms with van der Waals surface area (Å²) in [6.45, 7) is 4.03. The van der Waals surface area contributed by atoms with Crippen molar-refractivity contribution in [2.75, 3.05) is 26.2 Å². The number of nitrogens with zero attached hydrogens (tertiary/aromatic N) is 4. The van der Waals surface area contributed by atoms with Crippen LogP contribution in [0.15, 0.2) is 36.8 Å². The molecule has 0 atom stereocenters. The Labute approximate surface area is 173 Å². The molecule has 2 aromatic rings. The van der Waals surface area contributed by atoms with Gasteiger partial charge in [0.15, 0.2) is 0 Å². The lowest BCUT2D eigenvalue weighted by Gasteiger charge is -2.36. The normalized spacial score (nSPS) is 21.3. The number of fused-ring (bicyclic) bond motifs is 1. The fraction of sp³-hybridized carbons (Fsp3) is 0.542. The highest BCUT2D eigenvalue weighted by Crippen LogP contribution is 2.32. The summed E-state index contributed by atoms with van der Waals surface area (Å²) in [4.78, 5) is 25.4. The fourth-order valence-electron chi connectivity index (χ4n) is 5.12. The molecule has 0 N–H and O–H groups in total. The molecular formula is C24H30N4O. The lowest BCUT2D eigenvalue weighted by molar-refractivity contribution is 0.0706. The van der Waals surface area contributed by atoms with Crippen molar-refractivity contribution in [3.8, 4) is 0 Å². The van der Waals surface area contributed by atoms with Crippen molar-refractivity contribution < 1.29 is 4.79 Å². The second-order valence-electron chi connectivity index (χ2n) is 8.81. The van der Waals surface area contributed by atoms with Crippen LogP contribution in [0, 0.1) is 0 Å². The first kappa shape index (κ1) is 18.7. The first-order chi connectivity index (χ1) is 14.3. The zero-order valence-corrected chi connectivity index (χ0v) is 17.1. The van der Waals surface area contributed by atoms with Crippen LogP contribution in [0.4, 0.5) is 0 Å². The standard InChI is InChI=1S/C24H30N4O/c29-24(23-17-25-10-11-26-23)28-14-7-19(8-15-28)20-5-4-18-6-12-27(22-2-1-3-22)13-9-21(18)16-20/h4-5,10-11,16-17,19,22H,1-3,6-9,12-15H2. The summed E-state index contributed by atoms with van der Waals surface area (Å²) >= 11 is 0. The molecule has 29 heavy (non-hydrogen) atoms. The number of hydrogen-bond donors (Lipinski definition) is 0. The minimum absolute atomic E-state index is 0.00886. The van der Waals surface area contributed by atoms with E-state index in [2.05, 4.69) is 33.1 Å². The zero-order valence-electron chi connectivity index (χ0n) is 17.1. The summed E-state index contributed by atoms with van der Waals surface area (Å²) in [6.07, 6.45) is 13.4. The van der Waals surface area contributed by atoms with Crippen molar-refractivity contribution in [1.29, 1.82) is 0 Å². The number of aromatic nitrogens is 2. The second-order valence-corrected chi connectivity index (χ2v) is 8.81. The van der Waals surface area contributed by atoms with Crippen LogP contribution in [-0.2, 0) is 12.8 Å². The van der Waals surface area contributed by atoms with Gasteiger partial charge in [0.25, 0.3) is 5.91 Å². The van der Waals surface area contributed by atoms with Crippen LogP contribution in [0.2, 0.25) is 0 Å². The Balaban J connectivity index is 1.22. The minimum atomic E-state index is 0.00886. The molecular weight excluding hydrogens is 360 g/mol. The van der Waals surface area contributed by atoms with E-state index >= 15 is 0 Å². The summed E-state index contributed by atoms with van der Waals surface area (Å²) < 4.78 is 0. The van der Waals surface area contributed by atoms with E-state index in [1.54, 1.807) is 29.7 Å². The molecule has 0 bridgehead atoms. The summed E-state index contributed by atoms with van der Waals surface area (Å²) in [5.74, 6) is 0.562. The van der Waals surface area contributed by atoms with Crippen LogP contribution in [-0.4, -0.2) is 57.9 Å². The molecule has 1 aliphatic carbocycles. The van der Waals surface area contributed by atoms with E-state index in [0.717, 1.165) is 32.0 Å². The average molecular weight is 391 g/mol. The first-order valence-electron chi connectivity index (χ1n) is 11.2. The number of likely N-dealkylation sites (tertiary alicyclic amines) is 1. The molecule has 3 heterocycles. The third kappa shape index (κ3) is 3.93. The smallest absolute Gasteiger partial charge is 0.274 e. The Hall–Kier alpha value is -2.27. The molecule has 3 aliphatic rings. The maximum absolute atomic E-state index is 12.6. The van der Waals surface area contributed by atoms with E-state index in [0.29, 0.717) is 11.6 Å². The van der Waals surface area contributed by atoms with Crippen molar-refractivity contribution in [2.24, 2.45) is 0 Å². The van der Waals surface area contributed by atoms with Crippen LogP contribution >= 0.6 is 0 Å². The summed E-state index contributed by atoms with van der Waals surface area (Å²) in [7, 11) is 0. The van der Waals surface area contributed by atoms with Crippen LogP contribution < -0.4 is 0 Å². The van der Waals surface area contributed by atoms with Gasteiger partial charge in [-0.1, -0.05) is 24.6 Å². The number of piperidine rings is 1. The Morgan fingerprint density at radius 1 is 0.931 bits per heavy atom. The van der Waals surface area contributed by atoms with Crippen LogP contribution in [0.3, 0.4) is 0 Å². The molecule has 152 valence electrons. The summed E-state index contributed by atoms with van der Waals surface area (Å²) in [5.41, 5.74) is 5.02. The highest BCUT2D eigenvalue weighted by atomic mass is 16.2. The van der Waals surface area contributed by atoms with Gasteiger partial charge in [0.05, 0.1) is 6.20 Å². The van der Waals surface area contributed by atoms with Gasteiger partial charge in [0.1, 0.15) is 5.69 Å². The Morgan fingerprint density at radius 2 is 1.72 bits per heavy atom. The maximum Gasteiger partial charge on any atom is 0.274 e. The zero-order chi connectivity index (χ0) is 19.6. The Kier molecular flexibility index (Phi) is 5.32. The van der Waals surface area contributed by atoms with E-state index in [1.165, 1.54) is 50.8 Å². The maximum atomic E-state index is 12.6.